The minimum atomic E-state index is -0.219. The minimum Gasteiger partial charge on any atom is -0.494 e. The van der Waals surface area contributed by atoms with Gasteiger partial charge < -0.3 is 9.15 Å². The second-order valence-corrected chi connectivity index (χ2v) is 9.26. The van der Waals surface area contributed by atoms with E-state index in [1.807, 2.05) is 104 Å². The largest absolute Gasteiger partial charge is 0.494 e. The van der Waals surface area contributed by atoms with E-state index in [4.69, 9.17) is 14.3 Å². The first-order valence-corrected chi connectivity index (χ1v) is 13.0. The zero-order chi connectivity index (χ0) is 26.6. The molecule has 6 heteroatoms. The molecule has 39 heavy (non-hydrogen) atoms. The standard InChI is InChI=1S/C33H27N3O3/c1-2-38-28-19-17-24(18-20-28)30-21-29(23-9-5-3-6-10-23)35-36(30)33(37)27-15-13-26(14-16-27)32-34-22-31(39-32)25-11-7-4-8-12-25/h3-20,22,30H,2,21H2,1H3. The smallest absolute Gasteiger partial charge is 0.274 e. The maximum atomic E-state index is 13.8. The summed E-state index contributed by atoms with van der Waals surface area (Å²) in [5.41, 5.74) is 5.20. The number of nitrogens with zero attached hydrogens (tertiary/aromatic N) is 3. The number of aromatic nitrogens is 1. The summed E-state index contributed by atoms with van der Waals surface area (Å²) < 4.78 is 11.6. The number of ether oxygens (including phenoxy) is 1. The molecule has 0 fully saturated rings. The summed E-state index contributed by atoms with van der Waals surface area (Å²) in [6.07, 6.45) is 2.34. The lowest BCUT2D eigenvalue weighted by Gasteiger charge is -2.22. The quantitative estimate of drug-likeness (QED) is 0.227. The Morgan fingerprint density at radius 1 is 0.846 bits per heavy atom. The third-order valence-corrected chi connectivity index (χ3v) is 6.74. The summed E-state index contributed by atoms with van der Waals surface area (Å²) in [5.74, 6) is 1.84. The molecule has 4 aromatic carbocycles. The number of hydrazone groups is 1. The topological polar surface area (TPSA) is 67.9 Å². The highest BCUT2D eigenvalue weighted by atomic mass is 16.5. The molecule has 1 amide bonds. The molecular weight excluding hydrogens is 486 g/mol. The summed E-state index contributed by atoms with van der Waals surface area (Å²) in [4.78, 5) is 18.2. The molecule has 0 saturated carbocycles. The molecule has 6 nitrogen and oxygen atoms in total. The van der Waals surface area contributed by atoms with E-state index in [0.29, 0.717) is 30.2 Å². The number of benzene rings is 4. The maximum absolute atomic E-state index is 13.8. The lowest BCUT2D eigenvalue weighted by atomic mass is 9.98. The van der Waals surface area contributed by atoms with Crippen molar-refractivity contribution in [1.82, 2.24) is 9.99 Å². The molecular formula is C33H27N3O3. The van der Waals surface area contributed by atoms with Crippen molar-refractivity contribution in [2.24, 2.45) is 5.10 Å². The molecule has 0 bridgehead atoms. The van der Waals surface area contributed by atoms with Gasteiger partial charge in [-0.15, -0.1) is 0 Å². The summed E-state index contributed by atoms with van der Waals surface area (Å²) in [5, 5.41) is 6.41. The van der Waals surface area contributed by atoms with Gasteiger partial charge in [0.25, 0.3) is 5.91 Å². The van der Waals surface area contributed by atoms with E-state index in [0.717, 1.165) is 33.7 Å². The number of rotatable bonds is 7. The molecule has 0 N–H and O–H groups in total. The first kappa shape index (κ1) is 24.4. The van der Waals surface area contributed by atoms with E-state index in [9.17, 15) is 4.79 Å². The van der Waals surface area contributed by atoms with E-state index < -0.39 is 0 Å². The van der Waals surface area contributed by atoms with Crippen LogP contribution in [0.15, 0.2) is 125 Å². The summed E-state index contributed by atoms with van der Waals surface area (Å²) in [6.45, 7) is 2.56. The molecule has 0 saturated heterocycles. The van der Waals surface area contributed by atoms with E-state index in [1.165, 1.54) is 0 Å². The maximum Gasteiger partial charge on any atom is 0.274 e. The average Bonchev–Trinajstić information content (AvgIpc) is 3.67. The fraction of sp³-hybridized carbons (Fsp3) is 0.121. The highest BCUT2D eigenvalue weighted by Gasteiger charge is 2.33. The van der Waals surface area contributed by atoms with Crippen molar-refractivity contribution < 1.29 is 13.9 Å². The van der Waals surface area contributed by atoms with Gasteiger partial charge in [-0.25, -0.2) is 9.99 Å². The number of hydrogen-bond donors (Lipinski definition) is 0. The van der Waals surface area contributed by atoms with Crippen molar-refractivity contribution >= 4 is 11.6 Å². The van der Waals surface area contributed by atoms with Crippen molar-refractivity contribution in [3.8, 4) is 28.5 Å². The lowest BCUT2D eigenvalue weighted by molar-refractivity contribution is 0.0711. The third kappa shape index (κ3) is 5.09. The Hall–Kier alpha value is -4.97. The molecule has 1 aliphatic heterocycles. The highest BCUT2D eigenvalue weighted by Crippen LogP contribution is 2.35. The first-order chi connectivity index (χ1) is 19.2. The van der Waals surface area contributed by atoms with Gasteiger partial charge in [0.1, 0.15) is 5.75 Å². The van der Waals surface area contributed by atoms with Crippen LogP contribution in [0.5, 0.6) is 5.75 Å². The predicted octanol–water partition coefficient (Wildman–Crippen LogP) is 7.40. The Kier molecular flexibility index (Phi) is 6.75. The van der Waals surface area contributed by atoms with Crippen molar-refractivity contribution in [3.05, 3.63) is 132 Å². The summed E-state index contributed by atoms with van der Waals surface area (Å²) >= 11 is 0. The Labute approximate surface area is 227 Å². The van der Waals surface area contributed by atoms with Crippen LogP contribution < -0.4 is 4.74 Å². The lowest BCUT2D eigenvalue weighted by Crippen LogP contribution is -2.27. The molecule has 1 atom stereocenters. The molecule has 1 aromatic heterocycles. The number of amides is 1. The van der Waals surface area contributed by atoms with Crippen molar-refractivity contribution in [3.63, 3.8) is 0 Å². The first-order valence-electron chi connectivity index (χ1n) is 13.0. The van der Waals surface area contributed by atoms with Crippen LogP contribution in [0.2, 0.25) is 0 Å². The second kappa shape index (κ2) is 10.8. The molecule has 0 aliphatic carbocycles. The van der Waals surface area contributed by atoms with Crippen LogP contribution in [0.25, 0.3) is 22.8 Å². The highest BCUT2D eigenvalue weighted by molar-refractivity contribution is 6.05. The van der Waals surface area contributed by atoms with Crippen LogP contribution in [0.4, 0.5) is 0 Å². The molecule has 1 unspecified atom stereocenters. The van der Waals surface area contributed by atoms with Crippen molar-refractivity contribution in [2.45, 2.75) is 19.4 Å². The van der Waals surface area contributed by atoms with Gasteiger partial charge in [0.2, 0.25) is 5.89 Å². The van der Waals surface area contributed by atoms with Crippen LogP contribution >= 0.6 is 0 Å². The normalized spacial score (nSPS) is 14.7. The molecule has 0 spiro atoms. The second-order valence-electron chi connectivity index (χ2n) is 9.26. The van der Waals surface area contributed by atoms with Crippen LogP contribution in [-0.4, -0.2) is 28.2 Å². The fourth-order valence-electron chi connectivity index (χ4n) is 4.75. The molecule has 0 radical (unpaired) electrons. The van der Waals surface area contributed by atoms with Gasteiger partial charge in [-0.05, 0) is 54.4 Å². The number of oxazole rings is 1. The molecule has 1 aliphatic rings. The van der Waals surface area contributed by atoms with Gasteiger partial charge in [-0.1, -0.05) is 72.8 Å². The van der Waals surface area contributed by atoms with Crippen molar-refractivity contribution in [1.29, 1.82) is 0 Å². The monoisotopic (exact) mass is 513 g/mol. The fourth-order valence-corrected chi connectivity index (χ4v) is 4.75. The van der Waals surface area contributed by atoms with E-state index in [1.54, 1.807) is 23.3 Å². The van der Waals surface area contributed by atoms with Crippen LogP contribution in [0.3, 0.4) is 0 Å². The van der Waals surface area contributed by atoms with Gasteiger partial charge in [0.05, 0.1) is 24.6 Å². The van der Waals surface area contributed by atoms with Crippen molar-refractivity contribution in [2.75, 3.05) is 6.61 Å². The van der Waals surface area contributed by atoms with E-state index in [-0.39, 0.29) is 11.9 Å². The molecule has 6 rings (SSSR count). The summed E-state index contributed by atoms with van der Waals surface area (Å²) in [7, 11) is 0. The number of carbonyl (C=O) groups excluding carboxylic acids is 1. The van der Waals surface area contributed by atoms with E-state index in [2.05, 4.69) is 4.98 Å². The van der Waals surface area contributed by atoms with Crippen LogP contribution in [-0.2, 0) is 0 Å². The molecule has 5 aromatic rings. The van der Waals surface area contributed by atoms with Gasteiger partial charge in [0.15, 0.2) is 5.76 Å². The van der Waals surface area contributed by atoms with Gasteiger partial charge in [-0.3, -0.25) is 4.79 Å². The van der Waals surface area contributed by atoms with E-state index >= 15 is 0 Å². The van der Waals surface area contributed by atoms with Crippen LogP contribution in [0, 0.1) is 0 Å². The molecule has 192 valence electrons. The Balaban J connectivity index is 1.27. The Morgan fingerprint density at radius 3 is 2.18 bits per heavy atom. The molecule has 2 heterocycles. The Bertz CT molecular complexity index is 1590. The Morgan fingerprint density at radius 2 is 1.51 bits per heavy atom. The number of hydrogen-bond acceptors (Lipinski definition) is 5. The SMILES string of the molecule is CCOc1ccc(C2CC(c3ccccc3)=NN2C(=O)c2ccc(-c3ncc(-c4ccccc4)o3)cc2)cc1. The zero-order valence-corrected chi connectivity index (χ0v) is 21.5. The number of carbonyl (C=O) groups is 1. The average molecular weight is 514 g/mol. The zero-order valence-electron chi connectivity index (χ0n) is 21.5. The van der Waals surface area contributed by atoms with Gasteiger partial charge in [0, 0.05) is 23.1 Å². The summed E-state index contributed by atoms with van der Waals surface area (Å²) in [6, 6.07) is 34.8. The minimum absolute atomic E-state index is 0.163. The van der Waals surface area contributed by atoms with Gasteiger partial charge in [-0.2, -0.15) is 5.10 Å². The van der Waals surface area contributed by atoms with Crippen LogP contribution in [0.1, 0.15) is 40.9 Å². The van der Waals surface area contributed by atoms with Gasteiger partial charge >= 0.3 is 0 Å². The predicted molar refractivity (Wildman–Crippen MR) is 151 cm³/mol. The third-order valence-electron chi connectivity index (χ3n) is 6.74.